The zero-order valence-corrected chi connectivity index (χ0v) is 17.6. The first-order valence-electron chi connectivity index (χ1n) is 10.7. The third-order valence-corrected chi connectivity index (χ3v) is 6.21. The second kappa shape index (κ2) is 7.38. The van der Waals surface area contributed by atoms with Gasteiger partial charge in [0.2, 0.25) is 0 Å². The Morgan fingerprint density at radius 1 is 1.22 bits per heavy atom. The van der Waals surface area contributed by atoms with Gasteiger partial charge in [-0.1, -0.05) is 0 Å². The van der Waals surface area contributed by atoms with Crippen LogP contribution in [-0.4, -0.2) is 55.8 Å². The number of rotatable bonds is 4. The van der Waals surface area contributed by atoms with Crippen LogP contribution in [0.1, 0.15) is 16.8 Å². The normalized spacial score (nSPS) is 19.6. The Hall–Kier alpha value is -3.85. The smallest absolute Gasteiger partial charge is 0.256 e. The quantitative estimate of drug-likeness (QED) is 0.516. The Labute approximate surface area is 184 Å². The number of nitrogens with zero attached hydrogens (tertiary/aromatic N) is 6. The van der Waals surface area contributed by atoms with Crippen molar-refractivity contribution in [1.82, 2.24) is 30.0 Å². The summed E-state index contributed by atoms with van der Waals surface area (Å²) < 4.78 is 1.80. The SMILES string of the molecule is Cn1cc(-c2cc3cc(NC(=O)c4ccncc4)ncc3nc2N2CC3CC2CN3)cn1. The number of amides is 1. The topological polar surface area (TPSA) is 101 Å². The molecule has 2 fully saturated rings. The molecule has 2 saturated heterocycles. The fraction of sp³-hybridized carbons (Fsp3) is 0.261. The molecule has 9 nitrogen and oxygen atoms in total. The molecule has 6 rings (SSSR count). The maximum atomic E-state index is 12.5. The molecule has 0 aliphatic carbocycles. The highest BCUT2D eigenvalue weighted by Crippen LogP contribution is 2.37. The Morgan fingerprint density at radius 3 is 2.81 bits per heavy atom. The Balaban J connectivity index is 1.40. The van der Waals surface area contributed by atoms with E-state index in [0.717, 1.165) is 47.4 Å². The number of fused-ring (bicyclic) bond motifs is 3. The van der Waals surface area contributed by atoms with E-state index in [2.05, 4.69) is 36.7 Å². The van der Waals surface area contributed by atoms with Gasteiger partial charge in [-0.15, -0.1) is 0 Å². The van der Waals surface area contributed by atoms with Crippen LogP contribution >= 0.6 is 0 Å². The Kier molecular flexibility index (Phi) is 4.36. The van der Waals surface area contributed by atoms with Crippen molar-refractivity contribution in [3.63, 3.8) is 0 Å². The maximum Gasteiger partial charge on any atom is 0.256 e. The van der Waals surface area contributed by atoms with Crippen LogP contribution in [-0.2, 0) is 7.05 Å². The van der Waals surface area contributed by atoms with Gasteiger partial charge in [0, 0.05) is 72.9 Å². The van der Waals surface area contributed by atoms with Gasteiger partial charge in [0.25, 0.3) is 5.91 Å². The van der Waals surface area contributed by atoms with Gasteiger partial charge in [-0.3, -0.25) is 14.5 Å². The van der Waals surface area contributed by atoms with Crippen molar-refractivity contribution in [2.45, 2.75) is 18.5 Å². The van der Waals surface area contributed by atoms with Crippen molar-refractivity contribution in [1.29, 1.82) is 0 Å². The van der Waals surface area contributed by atoms with Gasteiger partial charge in [-0.25, -0.2) is 9.97 Å². The summed E-state index contributed by atoms with van der Waals surface area (Å²) in [6.45, 7) is 1.93. The van der Waals surface area contributed by atoms with E-state index in [4.69, 9.17) is 4.98 Å². The van der Waals surface area contributed by atoms with Crippen molar-refractivity contribution < 1.29 is 4.79 Å². The number of hydrogen-bond acceptors (Lipinski definition) is 7. The van der Waals surface area contributed by atoms with E-state index < -0.39 is 0 Å². The lowest BCUT2D eigenvalue weighted by molar-refractivity contribution is 0.102. The van der Waals surface area contributed by atoms with Gasteiger partial charge in [0.15, 0.2) is 0 Å². The van der Waals surface area contributed by atoms with E-state index in [1.807, 2.05) is 25.5 Å². The first kappa shape index (κ1) is 18.9. The summed E-state index contributed by atoms with van der Waals surface area (Å²) in [5, 5.41) is 11.7. The van der Waals surface area contributed by atoms with Gasteiger partial charge >= 0.3 is 0 Å². The van der Waals surface area contributed by atoms with Crippen LogP contribution in [0.3, 0.4) is 0 Å². The number of aromatic nitrogens is 5. The molecular weight excluding hydrogens is 404 g/mol. The van der Waals surface area contributed by atoms with Crippen LogP contribution in [0.5, 0.6) is 0 Å². The van der Waals surface area contributed by atoms with Gasteiger partial charge < -0.3 is 15.5 Å². The molecule has 0 radical (unpaired) electrons. The molecule has 9 heteroatoms. The highest BCUT2D eigenvalue weighted by atomic mass is 16.1. The molecule has 2 bridgehead atoms. The molecule has 0 aromatic carbocycles. The zero-order chi connectivity index (χ0) is 21.7. The van der Waals surface area contributed by atoms with Gasteiger partial charge in [0.1, 0.15) is 11.6 Å². The predicted octanol–water partition coefficient (Wildman–Crippen LogP) is 2.23. The van der Waals surface area contributed by atoms with E-state index >= 15 is 0 Å². The number of pyridine rings is 3. The van der Waals surface area contributed by atoms with Crippen LogP contribution in [0, 0.1) is 0 Å². The van der Waals surface area contributed by atoms with Crippen LogP contribution in [0.25, 0.3) is 22.0 Å². The summed E-state index contributed by atoms with van der Waals surface area (Å²) >= 11 is 0. The van der Waals surface area contributed by atoms with Gasteiger partial charge in [-0.2, -0.15) is 5.10 Å². The lowest BCUT2D eigenvalue weighted by atomic mass is 10.1. The first-order valence-corrected chi connectivity index (χ1v) is 10.7. The van der Waals surface area contributed by atoms with E-state index in [9.17, 15) is 4.79 Å². The molecule has 1 amide bonds. The molecule has 160 valence electrons. The zero-order valence-electron chi connectivity index (χ0n) is 17.6. The van der Waals surface area contributed by atoms with E-state index in [1.165, 1.54) is 0 Å². The number of hydrogen-bond donors (Lipinski definition) is 2. The van der Waals surface area contributed by atoms with Gasteiger partial charge in [0.05, 0.1) is 17.9 Å². The third kappa shape index (κ3) is 3.27. The van der Waals surface area contributed by atoms with Crippen LogP contribution in [0.15, 0.2) is 55.2 Å². The number of carbonyl (C=O) groups is 1. The Morgan fingerprint density at radius 2 is 2.09 bits per heavy atom. The maximum absolute atomic E-state index is 12.5. The summed E-state index contributed by atoms with van der Waals surface area (Å²) in [6, 6.07) is 8.29. The van der Waals surface area contributed by atoms with Crippen molar-refractivity contribution in [2.75, 3.05) is 23.3 Å². The molecule has 6 heterocycles. The fourth-order valence-corrected chi connectivity index (χ4v) is 4.64. The second-order valence-electron chi connectivity index (χ2n) is 8.36. The average Bonchev–Trinajstić information content (AvgIpc) is 3.56. The largest absolute Gasteiger partial charge is 0.350 e. The summed E-state index contributed by atoms with van der Waals surface area (Å²) in [7, 11) is 1.91. The summed E-state index contributed by atoms with van der Waals surface area (Å²) in [4.78, 5) is 28.3. The summed E-state index contributed by atoms with van der Waals surface area (Å²) in [5.74, 6) is 1.22. The van der Waals surface area contributed by atoms with E-state index in [1.54, 1.807) is 35.4 Å². The monoisotopic (exact) mass is 426 g/mol. The molecule has 32 heavy (non-hydrogen) atoms. The highest BCUT2D eigenvalue weighted by Gasteiger charge is 2.39. The summed E-state index contributed by atoms with van der Waals surface area (Å²) in [6.07, 6.45) is 9.92. The van der Waals surface area contributed by atoms with E-state index in [-0.39, 0.29) is 5.91 Å². The molecule has 0 saturated carbocycles. The number of piperazine rings is 1. The van der Waals surface area contributed by atoms with Crippen molar-refractivity contribution in [3.05, 3.63) is 60.8 Å². The molecular formula is C23H22N8O. The molecule has 2 unspecified atom stereocenters. The van der Waals surface area contributed by atoms with Crippen molar-refractivity contribution in [3.8, 4) is 11.1 Å². The lowest BCUT2D eigenvalue weighted by Gasteiger charge is -2.30. The molecule has 4 aromatic heterocycles. The predicted molar refractivity (Wildman–Crippen MR) is 121 cm³/mol. The minimum Gasteiger partial charge on any atom is -0.350 e. The lowest BCUT2D eigenvalue weighted by Crippen LogP contribution is -2.44. The number of aryl methyl sites for hydroxylation is 1. The molecule has 0 spiro atoms. The highest BCUT2D eigenvalue weighted by molar-refractivity contribution is 6.04. The van der Waals surface area contributed by atoms with Gasteiger partial charge in [-0.05, 0) is 30.7 Å². The van der Waals surface area contributed by atoms with Crippen molar-refractivity contribution in [2.24, 2.45) is 7.05 Å². The second-order valence-corrected chi connectivity index (χ2v) is 8.36. The minimum absolute atomic E-state index is 0.225. The van der Waals surface area contributed by atoms with Crippen molar-refractivity contribution >= 4 is 28.4 Å². The standard InChI is InChI=1S/C23H22N8O/c1-30-12-16(9-27-30)19-6-15-7-21(29-23(32)14-2-4-24-5-3-14)26-11-20(15)28-22(19)31-13-17-8-18(31)10-25-17/h2-7,9,11-12,17-18,25H,8,10,13H2,1H3,(H,26,29,32). The van der Waals surface area contributed by atoms with Crippen LogP contribution < -0.4 is 15.5 Å². The average molecular weight is 426 g/mol. The van der Waals surface area contributed by atoms with Crippen LogP contribution in [0.4, 0.5) is 11.6 Å². The molecule has 2 atom stereocenters. The Bertz CT molecular complexity index is 1320. The molecule has 4 aromatic rings. The number of anilines is 2. The fourth-order valence-electron chi connectivity index (χ4n) is 4.64. The summed E-state index contributed by atoms with van der Waals surface area (Å²) in [5.41, 5.74) is 3.39. The first-order chi connectivity index (χ1) is 15.6. The third-order valence-electron chi connectivity index (χ3n) is 6.21. The van der Waals surface area contributed by atoms with Crippen LogP contribution in [0.2, 0.25) is 0 Å². The number of carbonyl (C=O) groups excluding carboxylic acids is 1. The molecule has 2 aliphatic rings. The van der Waals surface area contributed by atoms with E-state index in [0.29, 0.717) is 23.5 Å². The molecule has 2 N–H and O–H groups in total. The number of nitrogens with one attached hydrogen (secondary N) is 2. The molecule has 2 aliphatic heterocycles. The minimum atomic E-state index is -0.225.